The lowest BCUT2D eigenvalue weighted by molar-refractivity contribution is -0.384. The van der Waals surface area contributed by atoms with E-state index >= 15 is 0 Å². The van der Waals surface area contributed by atoms with E-state index < -0.39 is 4.92 Å². The fourth-order valence-electron chi connectivity index (χ4n) is 2.81. The summed E-state index contributed by atoms with van der Waals surface area (Å²) < 4.78 is 0. The molecule has 1 N–H and O–H groups in total. The Labute approximate surface area is 161 Å². The van der Waals surface area contributed by atoms with Gasteiger partial charge >= 0.3 is 0 Å². The maximum atomic E-state index is 12.7. The van der Waals surface area contributed by atoms with E-state index in [1.54, 1.807) is 18.2 Å². The topological polar surface area (TPSA) is 72.2 Å². The van der Waals surface area contributed by atoms with E-state index in [1.807, 2.05) is 30.3 Å². The van der Waals surface area contributed by atoms with Crippen molar-refractivity contribution in [1.29, 1.82) is 0 Å². The smallest absolute Gasteiger partial charge is 0.289 e. The van der Waals surface area contributed by atoms with Gasteiger partial charge in [0.25, 0.3) is 11.6 Å². The number of hydrogen-bond acceptors (Lipinski definition) is 3. The van der Waals surface area contributed by atoms with Crippen LogP contribution in [-0.2, 0) is 12.8 Å². The van der Waals surface area contributed by atoms with E-state index in [2.05, 4.69) is 17.4 Å². The lowest BCUT2D eigenvalue weighted by Crippen LogP contribution is -2.14. The molecule has 0 aromatic heterocycles. The van der Waals surface area contributed by atoms with Crippen LogP contribution in [0.15, 0.2) is 72.8 Å². The molecule has 0 spiro atoms. The molecule has 3 aromatic carbocycles. The number of nitrogens with one attached hydrogen (secondary N) is 1. The lowest BCUT2D eigenvalue weighted by atomic mass is 9.99. The fraction of sp³-hybridized carbons (Fsp3) is 0.0952. The summed E-state index contributed by atoms with van der Waals surface area (Å²) in [6, 6.07) is 21.6. The third kappa shape index (κ3) is 4.71. The van der Waals surface area contributed by atoms with Crippen molar-refractivity contribution in [1.82, 2.24) is 0 Å². The second kappa shape index (κ2) is 8.47. The highest BCUT2D eigenvalue weighted by Gasteiger charge is 2.16. The Morgan fingerprint density at radius 2 is 1.67 bits per heavy atom. The first-order valence-electron chi connectivity index (χ1n) is 8.42. The Kier molecular flexibility index (Phi) is 5.84. The second-order valence-electron chi connectivity index (χ2n) is 6.02. The minimum absolute atomic E-state index is 0.0289. The lowest BCUT2D eigenvalue weighted by Gasteiger charge is -2.11. The number of benzene rings is 3. The first-order valence-corrected chi connectivity index (χ1v) is 8.79. The van der Waals surface area contributed by atoms with Crippen LogP contribution in [0, 0.1) is 10.1 Å². The Balaban J connectivity index is 1.77. The molecule has 136 valence electrons. The van der Waals surface area contributed by atoms with Gasteiger partial charge in [-0.15, -0.1) is 0 Å². The van der Waals surface area contributed by atoms with Crippen molar-refractivity contribution in [3.8, 4) is 0 Å². The van der Waals surface area contributed by atoms with Crippen LogP contribution in [0.25, 0.3) is 0 Å². The molecule has 27 heavy (non-hydrogen) atoms. The monoisotopic (exact) mass is 380 g/mol. The molecule has 1 amide bonds. The average molecular weight is 381 g/mol. The van der Waals surface area contributed by atoms with E-state index in [-0.39, 0.29) is 16.6 Å². The van der Waals surface area contributed by atoms with Gasteiger partial charge in [-0.3, -0.25) is 14.9 Å². The Hall–Kier alpha value is -3.18. The summed E-state index contributed by atoms with van der Waals surface area (Å²) in [6.07, 6.45) is 1.53. The molecule has 0 unspecified atom stereocenters. The molecule has 0 aliphatic rings. The Morgan fingerprint density at radius 1 is 0.963 bits per heavy atom. The van der Waals surface area contributed by atoms with Gasteiger partial charge in [-0.2, -0.15) is 0 Å². The van der Waals surface area contributed by atoms with E-state index in [0.717, 1.165) is 12.0 Å². The van der Waals surface area contributed by atoms with Crippen LogP contribution in [0.4, 0.5) is 11.4 Å². The van der Waals surface area contributed by atoms with Crippen LogP contribution in [-0.4, -0.2) is 10.8 Å². The fourth-order valence-corrected chi connectivity index (χ4v) is 3.00. The van der Waals surface area contributed by atoms with Crippen LogP contribution in [0.1, 0.15) is 21.5 Å². The summed E-state index contributed by atoms with van der Waals surface area (Å²) in [5.74, 6) is -0.310. The van der Waals surface area contributed by atoms with Gasteiger partial charge in [0.15, 0.2) is 0 Å². The van der Waals surface area contributed by atoms with Crippen molar-refractivity contribution >= 4 is 28.9 Å². The third-order valence-electron chi connectivity index (χ3n) is 4.19. The highest BCUT2D eigenvalue weighted by Crippen LogP contribution is 2.27. The number of aryl methyl sites for hydroxylation is 2. The van der Waals surface area contributed by atoms with E-state index in [0.29, 0.717) is 17.7 Å². The first kappa shape index (κ1) is 18.6. The maximum Gasteiger partial charge on any atom is 0.289 e. The van der Waals surface area contributed by atoms with Gasteiger partial charge in [-0.05, 0) is 42.2 Å². The molecule has 0 saturated carbocycles. The van der Waals surface area contributed by atoms with Crippen molar-refractivity contribution in [2.75, 3.05) is 5.32 Å². The number of nitrogens with zero attached hydrogens (tertiary/aromatic N) is 1. The zero-order chi connectivity index (χ0) is 19.2. The van der Waals surface area contributed by atoms with E-state index in [4.69, 9.17) is 11.6 Å². The minimum atomic E-state index is -0.578. The highest BCUT2D eigenvalue weighted by molar-refractivity contribution is 6.32. The normalized spacial score (nSPS) is 10.4. The van der Waals surface area contributed by atoms with Crippen LogP contribution < -0.4 is 5.32 Å². The molecule has 0 atom stereocenters. The summed E-state index contributed by atoms with van der Waals surface area (Å²) in [5, 5.41) is 13.8. The second-order valence-corrected chi connectivity index (χ2v) is 6.43. The van der Waals surface area contributed by atoms with Crippen molar-refractivity contribution in [3.05, 3.63) is 105 Å². The Bertz CT molecular complexity index is 974. The predicted molar refractivity (Wildman–Crippen MR) is 106 cm³/mol. The molecule has 0 bridgehead atoms. The SMILES string of the molecule is O=C(Nc1ccc(Cl)c([N+](=O)[O-])c1)c1ccccc1CCc1ccccc1. The number of hydrogen-bond donors (Lipinski definition) is 1. The van der Waals surface area contributed by atoms with Gasteiger partial charge in [-0.1, -0.05) is 60.1 Å². The molecule has 0 radical (unpaired) electrons. The van der Waals surface area contributed by atoms with Crippen LogP contribution >= 0.6 is 11.6 Å². The maximum absolute atomic E-state index is 12.7. The van der Waals surface area contributed by atoms with Gasteiger partial charge in [0.1, 0.15) is 5.02 Å². The van der Waals surface area contributed by atoms with Crippen molar-refractivity contribution < 1.29 is 9.72 Å². The summed E-state index contributed by atoms with van der Waals surface area (Å²) >= 11 is 5.82. The Morgan fingerprint density at radius 3 is 2.41 bits per heavy atom. The zero-order valence-corrected chi connectivity index (χ0v) is 15.1. The van der Waals surface area contributed by atoms with E-state index in [1.165, 1.54) is 17.7 Å². The molecule has 0 saturated heterocycles. The molecule has 6 heteroatoms. The van der Waals surface area contributed by atoms with Gasteiger partial charge in [0.2, 0.25) is 0 Å². The number of carbonyl (C=O) groups is 1. The summed E-state index contributed by atoms with van der Waals surface area (Å²) in [5.41, 5.74) is 2.75. The van der Waals surface area contributed by atoms with Gasteiger partial charge in [0, 0.05) is 17.3 Å². The third-order valence-corrected chi connectivity index (χ3v) is 4.51. The van der Waals surface area contributed by atoms with Crippen molar-refractivity contribution in [2.24, 2.45) is 0 Å². The number of anilines is 1. The number of rotatable bonds is 6. The summed E-state index contributed by atoms with van der Waals surface area (Å²) in [6.45, 7) is 0. The van der Waals surface area contributed by atoms with Crippen LogP contribution in [0.3, 0.4) is 0 Å². The summed E-state index contributed by atoms with van der Waals surface area (Å²) in [4.78, 5) is 23.1. The number of nitro benzene ring substituents is 1. The number of carbonyl (C=O) groups excluding carboxylic acids is 1. The standard InChI is InChI=1S/C21H17ClN2O3/c22-19-13-12-17(14-20(19)24(26)27)23-21(25)18-9-5-4-8-16(18)11-10-15-6-2-1-3-7-15/h1-9,12-14H,10-11H2,(H,23,25). The quantitative estimate of drug-likeness (QED) is 0.466. The van der Waals surface area contributed by atoms with Crippen LogP contribution in [0.2, 0.25) is 5.02 Å². The zero-order valence-electron chi connectivity index (χ0n) is 14.4. The minimum Gasteiger partial charge on any atom is -0.322 e. The van der Waals surface area contributed by atoms with E-state index in [9.17, 15) is 14.9 Å². The van der Waals surface area contributed by atoms with Gasteiger partial charge < -0.3 is 5.32 Å². The first-order chi connectivity index (χ1) is 13.0. The number of amides is 1. The highest BCUT2D eigenvalue weighted by atomic mass is 35.5. The van der Waals surface area contributed by atoms with Crippen molar-refractivity contribution in [3.63, 3.8) is 0 Å². The predicted octanol–water partition coefficient (Wildman–Crippen LogP) is 5.29. The molecule has 0 aliphatic heterocycles. The van der Waals surface area contributed by atoms with Crippen molar-refractivity contribution in [2.45, 2.75) is 12.8 Å². The molecule has 0 heterocycles. The summed E-state index contributed by atoms with van der Waals surface area (Å²) in [7, 11) is 0. The molecule has 0 aliphatic carbocycles. The number of nitro groups is 1. The molecule has 0 fully saturated rings. The molecule has 3 aromatic rings. The molecule has 3 rings (SSSR count). The van der Waals surface area contributed by atoms with Gasteiger partial charge in [-0.25, -0.2) is 0 Å². The largest absolute Gasteiger partial charge is 0.322 e. The molecular weight excluding hydrogens is 364 g/mol. The average Bonchev–Trinajstić information content (AvgIpc) is 2.68. The van der Waals surface area contributed by atoms with Gasteiger partial charge in [0.05, 0.1) is 4.92 Å². The molecular formula is C21H17ClN2O3. The number of halogens is 1. The molecule has 5 nitrogen and oxygen atoms in total. The van der Waals surface area contributed by atoms with Crippen LogP contribution in [0.5, 0.6) is 0 Å².